The summed E-state index contributed by atoms with van der Waals surface area (Å²) in [7, 11) is 0. The molecule has 0 fully saturated rings. The highest BCUT2D eigenvalue weighted by atomic mass is 16.3. The average molecular weight is 282 g/mol. The van der Waals surface area contributed by atoms with E-state index < -0.39 is 12.5 Å². The lowest BCUT2D eigenvalue weighted by Crippen LogP contribution is -2.18. The van der Waals surface area contributed by atoms with E-state index in [1.54, 1.807) is 19.1 Å². The smallest absolute Gasteiger partial charge is 0.163 e. The van der Waals surface area contributed by atoms with Gasteiger partial charge in [-0.15, -0.1) is 0 Å². The summed E-state index contributed by atoms with van der Waals surface area (Å²) >= 11 is 0. The summed E-state index contributed by atoms with van der Waals surface area (Å²) in [5.41, 5.74) is 2.74. The minimum absolute atomic E-state index is 0.0797. The fourth-order valence-electron chi connectivity index (χ4n) is 2.14. The van der Waals surface area contributed by atoms with Crippen LogP contribution in [0.4, 0.5) is 0 Å². The van der Waals surface area contributed by atoms with E-state index in [9.17, 15) is 9.59 Å². The Labute approximate surface area is 124 Å². The van der Waals surface area contributed by atoms with E-state index in [1.807, 2.05) is 42.5 Å². The van der Waals surface area contributed by atoms with Crippen LogP contribution in [0.25, 0.3) is 11.1 Å². The number of aliphatic hydroxyl groups is 1. The first-order chi connectivity index (χ1) is 10.1. The Kier molecular flexibility index (Phi) is 5.01. The summed E-state index contributed by atoms with van der Waals surface area (Å²) < 4.78 is 0. The number of hydrogen-bond donors (Lipinski definition) is 1. The molecule has 0 aliphatic heterocycles. The molecular formula is C18H18O3. The monoisotopic (exact) mass is 282 g/mol. The van der Waals surface area contributed by atoms with Gasteiger partial charge in [0, 0.05) is 17.9 Å². The quantitative estimate of drug-likeness (QED) is 0.828. The Morgan fingerprint density at radius 2 is 1.52 bits per heavy atom. The normalized spacial score (nSPS) is 11.9. The van der Waals surface area contributed by atoms with Crippen molar-refractivity contribution in [1.82, 2.24) is 0 Å². The van der Waals surface area contributed by atoms with Crippen molar-refractivity contribution >= 4 is 11.6 Å². The summed E-state index contributed by atoms with van der Waals surface area (Å²) in [6, 6.07) is 17.3. The van der Waals surface area contributed by atoms with Crippen molar-refractivity contribution in [2.45, 2.75) is 13.3 Å². The average Bonchev–Trinajstić information content (AvgIpc) is 2.55. The van der Waals surface area contributed by atoms with Crippen LogP contribution < -0.4 is 0 Å². The summed E-state index contributed by atoms with van der Waals surface area (Å²) in [6.07, 6.45) is 0.129. The molecule has 3 nitrogen and oxygen atoms in total. The molecule has 2 aromatic rings. The van der Waals surface area contributed by atoms with E-state index in [0.29, 0.717) is 5.56 Å². The lowest BCUT2D eigenvalue weighted by atomic mass is 9.95. The molecule has 2 rings (SSSR count). The van der Waals surface area contributed by atoms with E-state index in [-0.39, 0.29) is 18.0 Å². The van der Waals surface area contributed by atoms with Crippen LogP contribution in [0.2, 0.25) is 0 Å². The molecule has 0 aliphatic rings. The molecule has 21 heavy (non-hydrogen) atoms. The second kappa shape index (κ2) is 6.95. The number of carbonyl (C=O) groups excluding carboxylic acids is 2. The third-order valence-corrected chi connectivity index (χ3v) is 3.51. The Balaban J connectivity index is 2.09. The highest BCUT2D eigenvalue weighted by molar-refractivity contribution is 5.99. The SMILES string of the molecule is C[C@@H](CC(=O)c1ccc(-c2ccccc2)cc1)C(=O)CO. The molecule has 0 spiro atoms. The number of benzene rings is 2. The highest BCUT2D eigenvalue weighted by Crippen LogP contribution is 2.20. The highest BCUT2D eigenvalue weighted by Gasteiger charge is 2.17. The van der Waals surface area contributed by atoms with Gasteiger partial charge in [-0.2, -0.15) is 0 Å². The zero-order valence-corrected chi connectivity index (χ0v) is 12.0. The summed E-state index contributed by atoms with van der Waals surface area (Å²) in [6.45, 7) is 1.15. The van der Waals surface area contributed by atoms with Crippen LogP contribution in [-0.2, 0) is 4.79 Å². The molecular weight excluding hydrogens is 264 g/mol. The van der Waals surface area contributed by atoms with Crippen LogP contribution in [0.1, 0.15) is 23.7 Å². The molecule has 0 saturated heterocycles. The molecule has 0 radical (unpaired) electrons. The molecule has 2 aromatic carbocycles. The van der Waals surface area contributed by atoms with Crippen molar-refractivity contribution in [3.63, 3.8) is 0 Å². The summed E-state index contributed by atoms with van der Waals surface area (Å²) in [5.74, 6) is -0.829. The van der Waals surface area contributed by atoms with Gasteiger partial charge in [-0.1, -0.05) is 61.5 Å². The number of Topliss-reactive ketones (excluding diaryl/α,β-unsaturated/α-hetero) is 2. The lowest BCUT2D eigenvalue weighted by molar-refractivity contribution is -0.125. The van der Waals surface area contributed by atoms with E-state index in [4.69, 9.17) is 5.11 Å². The molecule has 0 aliphatic carbocycles. The van der Waals surface area contributed by atoms with E-state index in [1.165, 1.54) is 0 Å². The molecule has 0 unspecified atom stereocenters. The van der Waals surface area contributed by atoms with Gasteiger partial charge in [0.2, 0.25) is 0 Å². The standard InChI is InChI=1S/C18H18O3/c1-13(18(21)12-19)11-17(20)16-9-7-15(8-10-16)14-5-3-2-4-6-14/h2-10,13,19H,11-12H2,1H3/t13-/m0/s1. The van der Waals surface area contributed by atoms with Gasteiger partial charge in [-0.3, -0.25) is 9.59 Å². The number of hydrogen-bond acceptors (Lipinski definition) is 3. The predicted octanol–water partition coefficient (Wildman–Crippen LogP) is 3.12. The fourth-order valence-corrected chi connectivity index (χ4v) is 2.14. The van der Waals surface area contributed by atoms with Gasteiger partial charge in [0.1, 0.15) is 6.61 Å². The third kappa shape index (κ3) is 3.86. The summed E-state index contributed by atoms with van der Waals surface area (Å²) in [5, 5.41) is 8.79. The number of carbonyl (C=O) groups is 2. The van der Waals surface area contributed by atoms with Crippen LogP contribution in [-0.4, -0.2) is 23.3 Å². The predicted molar refractivity (Wildman–Crippen MR) is 82.1 cm³/mol. The molecule has 0 heterocycles. The van der Waals surface area contributed by atoms with Crippen molar-refractivity contribution in [3.8, 4) is 11.1 Å². The molecule has 1 N–H and O–H groups in total. The fraction of sp³-hybridized carbons (Fsp3) is 0.222. The minimum Gasteiger partial charge on any atom is -0.389 e. The molecule has 1 atom stereocenters. The first-order valence-corrected chi connectivity index (χ1v) is 6.94. The van der Waals surface area contributed by atoms with Crippen LogP contribution in [0.3, 0.4) is 0 Å². The van der Waals surface area contributed by atoms with Gasteiger partial charge in [0.15, 0.2) is 11.6 Å². The first-order valence-electron chi connectivity index (χ1n) is 6.94. The van der Waals surface area contributed by atoms with Gasteiger partial charge in [0.05, 0.1) is 0 Å². The van der Waals surface area contributed by atoms with Crippen LogP contribution in [0.15, 0.2) is 54.6 Å². The molecule has 0 aromatic heterocycles. The first kappa shape index (κ1) is 15.1. The van der Waals surface area contributed by atoms with E-state index in [0.717, 1.165) is 11.1 Å². The maximum atomic E-state index is 12.1. The topological polar surface area (TPSA) is 54.4 Å². The van der Waals surface area contributed by atoms with Crippen LogP contribution >= 0.6 is 0 Å². The Morgan fingerprint density at radius 3 is 2.10 bits per heavy atom. The molecule has 108 valence electrons. The molecule has 0 bridgehead atoms. The van der Waals surface area contributed by atoms with Crippen molar-refractivity contribution in [1.29, 1.82) is 0 Å². The second-order valence-corrected chi connectivity index (χ2v) is 5.10. The lowest BCUT2D eigenvalue weighted by Gasteiger charge is -2.08. The van der Waals surface area contributed by atoms with Crippen LogP contribution in [0.5, 0.6) is 0 Å². The second-order valence-electron chi connectivity index (χ2n) is 5.10. The maximum Gasteiger partial charge on any atom is 0.163 e. The zero-order chi connectivity index (χ0) is 15.2. The van der Waals surface area contributed by atoms with Gasteiger partial charge >= 0.3 is 0 Å². The van der Waals surface area contributed by atoms with Gasteiger partial charge in [0.25, 0.3) is 0 Å². The number of rotatable bonds is 6. The number of ketones is 2. The van der Waals surface area contributed by atoms with Gasteiger partial charge in [-0.25, -0.2) is 0 Å². The van der Waals surface area contributed by atoms with Crippen LogP contribution in [0, 0.1) is 5.92 Å². The van der Waals surface area contributed by atoms with Crippen molar-refractivity contribution in [2.75, 3.05) is 6.61 Å². The Hall–Kier alpha value is -2.26. The third-order valence-electron chi connectivity index (χ3n) is 3.51. The van der Waals surface area contributed by atoms with Gasteiger partial charge in [-0.05, 0) is 11.1 Å². The molecule has 0 amide bonds. The zero-order valence-electron chi connectivity index (χ0n) is 12.0. The van der Waals surface area contributed by atoms with Gasteiger partial charge < -0.3 is 5.11 Å². The number of aliphatic hydroxyl groups excluding tert-OH is 1. The Morgan fingerprint density at radius 1 is 0.952 bits per heavy atom. The largest absolute Gasteiger partial charge is 0.389 e. The molecule has 3 heteroatoms. The summed E-state index contributed by atoms with van der Waals surface area (Å²) in [4.78, 5) is 23.4. The van der Waals surface area contributed by atoms with E-state index >= 15 is 0 Å². The van der Waals surface area contributed by atoms with Crippen molar-refractivity contribution in [2.24, 2.45) is 5.92 Å². The Bertz CT molecular complexity index is 615. The van der Waals surface area contributed by atoms with Crippen molar-refractivity contribution in [3.05, 3.63) is 60.2 Å². The van der Waals surface area contributed by atoms with Crippen molar-refractivity contribution < 1.29 is 14.7 Å². The maximum absolute atomic E-state index is 12.1. The minimum atomic E-state index is -0.513. The van der Waals surface area contributed by atoms with E-state index in [2.05, 4.69) is 0 Å². The molecule has 0 saturated carbocycles.